The van der Waals surface area contributed by atoms with Crippen LogP contribution in [0, 0.1) is 0 Å². The van der Waals surface area contributed by atoms with Crippen molar-refractivity contribution in [2.24, 2.45) is 0 Å². The summed E-state index contributed by atoms with van der Waals surface area (Å²) < 4.78 is 36.8. The molecular weight excluding hydrogens is 245 g/mol. The van der Waals surface area contributed by atoms with Gasteiger partial charge in [-0.3, -0.25) is 0 Å². The molecule has 0 amide bonds. The summed E-state index contributed by atoms with van der Waals surface area (Å²) >= 11 is 7.09. The van der Waals surface area contributed by atoms with E-state index in [1.165, 1.54) is 17.8 Å². The molecule has 0 radical (unpaired) electrons. The second kappa shape index (κ2) is 5.12. The molecule has 1 aromatic carbocycles. The molecular formula is C10H10ClF3S. The summed E-state index contributed by atoms with van der Waals surface area (Å²) in [4.78, 5) is 0.548. The minimum absolute atomic E-state index is 0.187. The molecule has 1 unspecified atom stereocenters. The van der Waals surface area contributed by atoms with Gasteiger partial charge in [-0.05, 0) is 24.6 Å². The third kappa shape index (κ3) is 3.95. The van der Waals surface area contributed by atoms with Crippen molar-refractivity contribution in [3.05, 3.63) is 29.8 Å². The first-order valence-electron chi connectivity index (χ1n) is 4.41. The second-order valence-electron chi connectivity index (χ2n) is 2.96. The molecule has 15 heavy (non-hydrogen) atoms. The largest absolute Gasteiger partial charge is 0.416 e. The molecule has 0 fully saturated rings. The van der Waals surface area contributed by atoms with Crippen molar-refractivity contribution in [2.75, 3.05) is 0 Å². The van der Waals surface area contributed by atoms with Crippen molar-refractivity contribution in [3.63, 3.8) is 0 Å². The lowest BCUT2D eigenvalue weighted by Crippen LogP contribution is -2.04. The van der Waals surface area contributed by atoms with Crippen LogP contribution in [0.4, 0.5) is 13.2 Å². The lowest BCUT2D eigenvalue weighted by atomic mass is 10.2. The van der Waals surface area contributed by atoms with Crippen LogP contribution in [-0.4, -0.2) is 4.71 Å². The van der Waals surface area contributed by atoms with Crippen molar-refractivity contribution >= 4 is 23.4 Å². The van der Waals surface area contributed by atoms with Crippen LogP contribution in [0.1, 0.15) is 18.9 Å². The Labute approximate surface area is 95.8 Å². The normalized spacial score (nSPS) is 13.9. The Kier molecular flexibility index (Phi) is 4.34. The average molecular weight is 255 g/mol. The fraction of sp³-hybridized carbons (Fsp3) is 0.400. The van der Waals surface area contributed by atoms with Crippen LogP contribution in [0.25, 0.3) is 0 Å². The zero-order valence-electron chi connectivity index (χ0n) is 8.01. The number of halogens is 4. The molecule has 0 aliphatic heterocycles. The van der Waals surface area contributed by atoms with Crippen molar-refractivity contribution in [2.45, 2.75) is 29.1 Å². The Balaban J connectivity index is 2.84. The van der Waals surface area contributed by atoms with E-state index < -0.39 is 11.7 Å². The zero-order chi connectivity index (χ0) is 11.5. The van der Waals surface area contributed by atoms with E-state index in [0.29, 0.717) is 11.3 Å². The molecule has 1 rings (SSSR count). The first-order chi connectivity index (χ1) is 6.93. The maximum absolute atomic E-state index is 12.3. The molecule has 1 atom stereocenters. The Morgan fingerprint density at radius 2 is 2.07 bits per heavy atom. The number of hydrogen-bond acceptors (Lipinski definition) is 1. The van der Waals surface area contributed by atoms with E-state index in [1.807, 2.05) is 6.92 Å². The summed E-state index contributed by atoms with van der Waals surface area (Å²) in [7, 11) is 0. The molecule has 0 spiro atoms. The van der Waals surface area contributed by atoms with Crippen LogP contribution in [0.2, 0.25) is 0 Å². The Bertz CT molecular complexity index is 325. The van der Waals surface area contributed by atoms with Gasteiger partial charge in [-0.2, -0.15) is 13.2 Å². The zero-order valence-corrected chi connectivity index (χ0v) is 9.59. The molecule has 0 nitrogen and oxygen atoms in total. The molecule has 0 aliphatic rings. The topological polar surface area (TPSA) is 0 Å². The monoisotopic (exact) mass is 254 g/mol. The number of rotatable bonds is 3. The smallest absolute Gasteiger partial charge is 0.166 e. The van der Waals surface area contributed by atoms with Gasteiger partial charge in [0, 0.05) is 4.90 Å². The van der Waals surface area contributed by atoms with Crippen LogP contribution in [0.15, 0.2) is 29.2 Å². The maximum Gasteiger partial charge on any atom is 0.416 e. The first-order valence-corrected chi connectivity index (χ1v) is 5.73. The average Bonchev–Trinajstić information content (AvgIpc) is 2.17. The van der Waals surface area contributed by atoms with Crippen LogP contribution in [0.5, 0.6) is 0 Å². The minimum atomic E-state index is -4.29. The Hall–Kier alpha value is -0.350. The summed E-state index contributed by atoms with van der Waals surface area (Å²) in [6, 6.07) is 5.20. The first kappa shape index (κ1) is 12.7. The molecule has 0 N–H and O–H groups in total. The molecule has 0 aromatic heterocycles. The van der Waals surface area contributed by atoms with Gasteiger partial charge in [-0.1, -0.05) is 13.0 Å². The van der Waals surface area contributed by atoms with Crippen LogP contribution < -0.4 is 0 Å². The fourth-order valence-electron chi connectivity index (χ4n) is 0.977. The summed E-state index contributed by atoms with van der Waals surface area (Å²) in [5.41, 5.74) is -0.632. The van der Waals surface area contributed by atoms with Gasteiger partial charge in [0.2, 0.25) is 0 Å². The molecule has 1 aromatic rings. The summed E-state index contributed by atoms with van der Waals surface area (Å²) in [6.45, 7) is 1.89. The highest BCUT2D eigenvalue weighted by molar-refractivity contribution is 8.01. The highest BCUT2D eigenvalue weighted by Gasteiger charge is 2.30. The Morgan fingerprint density at radius 1 is 1.40 bits per heavy atom. The molecule has 0 aliphatic carbocycles. The fourth-order valence-corrected chi connectivity index (χ4v) is 2.10. The number of alkyl halides is 4. The van der Waals surface area contributed by atoms with E-state index in [0.717, 1.165) is 12.1 Å². The van der Waals surface area contributed by atoms with Gasteiger partial charge in [-0.15, -0.1) is 23.4 Å². The third-order valence-corrected chi connectivity index (χ3v) is 3.44. The van der Waals surface area contributed by atoms with Crippen LogP contribution in [-0.2, 0) is 6.18 Å². The minimum Gasteiger partial charge on any atom is -0.166 e. The quantitative estimate of drug-likeness (QED) is 0.553. The predicted molar refractivity (Wildman–Crippen MR) is 57.2 cm³/mol. The predicted octanol–water partition coefficient (Wildman–Crippen LogP) is 4.77. The van der Waals surface area contributed by atoms with Gasteiger partial charge in [0.25, 0.3) is 0 Å². The highest BCUT2D eigenvalue weighted by Crippen LogP contribution is 2.34. The van der Waals surface area contributed by atoms with Gasteiger partial charge in [-0.25, -0.2) is 0 Å². The molecule has 0 saturated carbocycles. The molecule has 0 bridgehead atoms. The van der Waals surface area contributed by atoms with Gasteiger partial charge in [0.15, 0.2) is 0 Å². The van der Waals surface area contributed by atoms with E-state index in [-0.39, 0.29) is 4.71 Å². The summed E-state index contributed by atoms with van der Waals surface area (Å²) in [5.74, 6) is 0. The van der Waals surface area contributed by atoms with Gasteiger partial charge >= 0.3 is 6.18 Å². The number of hydrogen-bond donors (Lipinski definition) is 0. The molecule has 0 heterocycles. The van der Waals surface area contributed by atoms with Gasteiger partial charge in [0.05, 0.1) is 10.3 Å². The van der Waals surface area contributed by atoms with Crippen LogP contribution in [0.3, 0.4) is 0 Å². The van der Waals surface area contributed by atoms with Crippen LogP contribution >= 0.6 is 23.4 Å². The van der Waals surface area contributed by atoms with E-state index >= 15 is 0 Å². The van der Waals surface area contributed by atoms with Gasteiger partial charge < -0.3 is 0 Å². The van der Waals surface area contributed by atoms with E-state index in [4.69, 9.17) is 11.6 Å². The van der Waals surface area contributed by atoms with Crippen molar-refractivity contribution in [1.29, 1.82) is 0 Å². The van der Waals surface area contributed by atoms with Crippen molar-refractivity contribution in [1.82, 2.24) is 0 Å². The van der Waals surface area contributed by atoms with Gasteiger partial charge in [0.1, 0.15) is 0 Å². The Morgan fingerprint density at radius 3 is 2.60 bits per heavy atom. The lowest BCUT2D eigenvalue weighted by Gasteiger charge is -2.10. The lowest BCUT2D eigenvalue weighted by molar-refractivity contribution is -0.137. The van der Waals surface area contributed by atoms with E-state index in [1.54, 1.807) is 6.07 Å². The summed E-state index contributed by atoms with van der Waals surface area (Å²) in [5, 5.41) is 0. The number of thioether (sulfide) groups is 1. The van der Waals surface area contributed by atoms with Crippen molar-refractivity contribution < 1.29 is 13.2 Å². The SMILES string of the molecule is CCC(Cl)Sc1cccc(C(F)(F)F)c1. The van der Waals surface area contributed by atoms with E-state index in [9.17, 15) is 13.2 Å². The third-order valence-electron chi connectivity index (χ3n) is 1.75. The standard InChI is InChI=1S/C10H10ClF3S/c1-2-9(11)15-8-5-3-4-7(6-8)10(12,13)14/h3-6,9H,2H2,1H3. The molecule has 0 saturated heterocycles. The maximum atomic E-state index is 12.3. The number of benzene rings is 1. The highest BCUT2D eigenvalue weighted by atomic mass is 35.5. The summed E-state index contributed by atoms with van der Waals surface area (Å²) in [6.07, 6.45) is -3.58. The second-order valence-corrected chi connectivity index (χ2v) is 5.02. The molecule has 84 valence electrons. The van der Waals surface area contributed by atoms with E-state index in [2.05, 4.69) is 0 Å². The molecule has 5 heteroatoms. The van der Waals surface area contributed by atoms with Crippen molar-refractivity contribution in [3.8, 4) is 0 Å².